The Hall–Kier alpha value is -1.62. The van der Waals surface area contributed by atoms with Gasteiger partial charge in [0.1, 0.15) is 11.4 Å². The molecule has 0 spiro atoms. The van der Waals surface area contributed by atoms with E-state index in [1.165, 1.54) is 0 Å². The molecule has 0 aliphatic carbocycles. The molecule has 1 amide bonds. The quantitative estimate of drug-likeness (QED) is 0.767. The van der Waals surface area contributed by atoms with Crippen molar-refractivity contribution in [3.8, 4) is 0 Å². The minimum atomic E-state index is -1.35. The van der Waals surface area contributed by atoms with Gasteiger partial charge in [-0.1, -0.05) is 6.07 Å². The van der Waals surface area contributed by atoms with Gasteiger partial charge in [0, 0.05) is 32.1 Å². The van der Waals surface area contributed by atoms with Crippen LogP contribution in [0, 0.1) is 6.92 Å². The average molecular weight is 235 g/mol. The number of aryl methyl sites for hydroxylation is 1. The number of anilines is 1. The van der Waals surface area contributed by atoms with E-state index in [1.807, 2.05) is 19.1 Å². The summed E-state index contributed by atoms with van der Waals surface area (Å²) in [7, 11) is 0. The number of nitrogens with two attached hydrogens (primary N) is 1. The predicted octanol–water partition coefficient (Wildman–Crippen LogP) is 0.207. The van der Waals surface area contributed by atoms with Gasteiger partial charge in [0.25, 0.3) is 0 Å². The molecule has 2 heterocycles. The molecule has 1 aliphatic heterocycles. The van der Waals surface area contributed by atoms with Crippen molar-refractivity contribution in [2.24, 2.45) is 5.73 Å². The minimum Gasteiger partial charge on any atom is -0.380 e. The van der Waals surface area contributed by atoms with Crippen molar-refractivity contribution in [2.75, 3.05) is 18.0 Å². The lowest BCUT2D eigenvalue weighted by Crippen LogP contribution is -2.52. The molecular formula is C12H17N3O2. The van der Waals surface area contributed by atoms with E-state index in [0.717, 1.165) is 11.4 Å². The van der Waals surface area contributed by atoms with Crippen molar-refractivity contribution in [2.45, 2.75) is 25.4 Å². The number of carbonyl (C=O) groups is 1. The molecule has 92 valence electrons. The van der Waals surface area contributed by atoms with Crippen molar-refractivity contribution in [3.63, 3.8) is 0 Å². The van der Waals surface area contributed by atoms with E-state index in [2.05, 4.69) is 9.88 Å². The van der Waals surface area contributed by atoms with E-state index in [4.69, 9.17) is 5.73 Å². The molecular weight excluding hydrogens is 218 g/mol. The number of nitrogens with zero attached hydrogens (tertiary/aromatic N) is 2. The Bertz CT molecular complexity index is 426. The van der Waals surface area contributed by atoms with E-state index in [0.29, 0.717) is 25.9 Å². The monoisotopic (exact) mass is 235 g/mol. The number of piperidine rings is 1. The summed E-state index contributed by atoms with van der Waals surface area (Å²) in [5.41, 5.74) is 4.94. The van der Waals surface area contributed by atoms with E-state index in [9.17, 15) is 9.90 Å². The summed E-state index contributed by atoms with van der Waals surface area (Å²) in [5, 5.41) is 9.96. The zero-order valence-electron chi connectivity index (χ0n) is 9.89. The first kappa shape index (κ1) is 11.9. The number of aromatic nitrogens is 1. The van der Waals surface area contributed by atoms with Crippen LogP contribution >= 0.6 is 0 Å². The zero-order chi connectivity index (χ0) is 12.5. The molecule has 2 rings (SSSR count). The van der Waals surface area contributed by atoms with Crippen LogP contribution in [0.15, 0.2) is 18.3 Å². The summed E-state index contributed by atoms with van der Waals surface area (Å²) in [6.45, 7) is 3.19. The van der Waals surface area contributed by atoms with E-state index in [1.54, 1.807) is 6.20 Å². The van der Waals surface area contributed by atoms with Crippen LogP contribution in [-0.4, -0.2) is 34.7 Å². The van der Waals surface area contributed by atoms with E-state index in [-0.39, 0.29) is 0 Å². The Morgan fingerprint density at radius 1 is 1.53 bits per heavy atom. The third kappa shape index (κ3) is 2.24. The van der Waals surface area contributed by atoms with Crippen LogP contribution in [0.2, 0.25) is 0 Å². The van der Waals surface area contributed by atoms with Gasteiger partial charge in [-0.2, -0.15) is 0 Å². The summed E-state index contributed by atoms with van der Waals surface area (Å²) in [5.74, 6) is 0.286. The van der Waals surface area contributed by atoms with Gasteiger partial charge in [-0.15, -0.1) is 0 Å². The Morgan fingerprint density at radius 2 is 2.18 bits per heavy atom. The van der Waals surface area contributed by atoms with Gasteiger partial charge in [-0.3, -0.25) is 4.79 Å². The first-order valence-electron chi connectivity index (χ1n) is 5.72. The second-order valence-electron chi connectivity index (χ2n) is 4.53. The minimum absolute atomic E-state index is 0.359. The largest absolute Gasteiger partial charge is 0.380 e. The van der Waals surface area contributed by atoms with Crippen molar-refractivity contribution in [1.29, 1.82) is 0 Å². The Kier molecular flexibility index (Phi) is 3.02. The van der Waals surface area contributed by atoms with E-state index < -0.39 is 11.5 Å². The second-order valence-corrected chi connectivity index (χ2v) is 4.53. The molecule has 1 aromatic heterocycles. The van der Waals surface area contributed by atoms with Gasteiger partial charge in [0.05, 0.1) is 0 Å². The third-order valence-corrected chi connectivity index (χ3v) is 3.33. The first-order valence-corrected chi connectivity index (χ1v) is 5.72. The molecule has 0 unspecified atom stereocenters. The SMILES string of the molecule is Cc1cccnc1N1CCC(O)(C(N)=O)CC1. The zero-order valence-corrected chi connectivity index (χ0v) is 9.89. The summed E-state index contributed by atoms with van der Waals surface area (Å²) in [4.78, 5) is 17.5. The number of hydrogen-bond acceptors (Lipinski definition) is 4. The highest BCUT2D eigenvalue weighted by molar-refractivity contribution is 5.83. The molecule has 1 saturated heterocycles. The molecule has 0 saturated carbocycles. The number of amides is 1. The molecule has 3 N–H and O–H groups in total. The highest BCUT2D eigenvalue weighted by Gasteiger charge is 2.38. The standard InChI is InChI=1S/C12H17N3O2/c1-9-3-2-6-14-10(9)15-7-4-12(17,5-8-15)11(13)16/h2-3,6,17H,4-5,7-8H2,1H3,(H2,13,16). The van der Waals surface area contributed by atoms with Gasteiger partial charge in [0.15, 0.2) is 0 Å². The second kappa shape index (κ2) is 4.33. The van der Waals surface area contributed by atoms with Crippen molar-refractivity contribution < 1.29 is 9.90 Å². The Labute approximate surface area is 100 Å². The molecule has 0 bridgehead atoms. The Balaban J connectivity index is 2.10. The summed E-state index contributed by atoms with van der Waals surface area (Å²) in [6, 6.07) is 3.89. The number of aliphatic hydroxyl groups is 1. The molecule has 17 heavy (non-hydrogen) atoms. The van der Waals surface area contributed by atoms with Crippen molar-refractivity contribution >= 4 is 11.7 Å². The lowest BCUT2D eigenvalue weighted by atomic mass is 9.90. The van der Waals surface area contributed by atoms with Crippen molar-refractivity contribution in [1.82, 2.24) is 4.98 Å². The number of primary amides is 1. The number of hydrogen-bond donors (Lipinski definition) is 2. The smallest absolute Gasteiger partial charge is 0.249 e. The average Bonchev–Trinajstić information content (AvgIpc) is 2.31. The maximum absolute atomic E-state index is 11.1. The lowest BCUT2D eigenvalue weighted by Gasteiger charge is -2.37. The van der Waals surface area contributed by atoms with Gasteiger partial charge in [0.2, 0.25) is 5.91 Å². The van der Waals surface area contributed by atoms with Crippen LogP contribution in [0.3, 0.4) is 0 Å². The molecule has 0 aromatic carbocycles. The van der Waals surface area contributed by atoms with Crippen LogP contribution in [-0.2, 0) is 4.79 Å². The number of rotatable bonds is 2. The lowest BCUT2D eigenvalue weighted by molar-refractivity contribution is -0.138. The van der Waals surface area contributed by atoms with Crippen molar-refractivity contribution in [3.05, 3.63) is 23.9 Å². The molecule has 5 nitrogen and oxygen atoms in total. The van der Waals surface area contributed by atoms with Crippen LogP contribution in [0.1, 0.15) is 18.4 Å². The van der Waals surface area contributed by atoms with Crippen LogP contribution in [0.25, 0.3) is 0 Å². The topological polar surface area (TPSA) is 79.4 Å². The third-order valence-electron chi connectivity index (χ3n) is 3.33. The van der Waals surface area contributed by atoms with Gasteiger partial charge < -0.3 is 15.7 Å². The first-order chi connectivity index (χ1) is 8.03. The normalized spacial score (nSPS) is 19.1. The highest BCUT2D eigenvalue weighted by Crippen LogP contribution is 2.26. The fourth-order valence-electron chi connectivity index (χ4n) is 2.14. The summed E-state index contributed by atoms with van der Waals surface area (Å²) in [6.07, 6.45) is 2.47. The van der Waals surface area contributed by atoms with Gasteiger partial charge in [-0.25, -0.2) is 4.98 Å². The molecule has 1 aromatic rings. The van der Waals surface area contributed by atoms with Crippen LogP contribution in [0.5, 0.6) is 0 Å². The maximum Gasteiger partial charge on any atom is 0.249 e. The molecule has 0 atom stereocenters. The maximum atomic E-state index is 11.1. The summed E-state index contributed by atoms with van der Waals surface area (Å²) < 4.78 is 0. The molecule has 0 radical (unpaired) electrons. The predicted molar refractivity (Wildman–Crippen MR) is 64.6 cm³/mol. The fourth-order valence-corrected chi connectivity index (χ4v) is 2.14. The number of carbonyl (C=O) groups excluding carboxylic acids is 1. The van der Waals surface area contributed by atoms with Gasteiger partial charge >= 0.3 is 0 Å². The van der Waals surface area contributed by atoms with Crippen LogP contribution in [0.4, 0.5) is 5.82 Å². The highest BCUT2D eigenvalue weighted by atomic mass is 16.3. The molecule has 1 fully saturated rings. The number of pyridine rings is 1. The molecule has 5 heteroatoms. The van der Waals surface area contributed by atoms with Gasteiger partial charge in [-0.05, 0) is 18.6 Å². The summed E-state index contributed by atoms with van der Waals surface area (Å²) >= 11 is 0. The van der Waals surface area contributed by atoms with Crippen LogP contribution < -0.4 is 10.6 Å². The fraction of sp³-hybridized carbons (Fsp3) is 0.500. The van der Waals surface area contributed by atoms with E-state index >= 15 is 0 Å². The Morgan fingerprint density at radius 3 is 2.71 bits per heavy atom. The molecule has 1 aliphatic rings.